The molecule has 142 valence electrons. The maximum atomic E-state index is 12.2. The molecule has 1 aromatic rings. The first kappa shape index (κ1) is 19.8. The topological polar surface area (TPSA) is 84.9 Å². The Morgan fingerprint density at radius 3 is 2.19 bits per heavy atom. The van der Waals surface area contributed by atoms with Gasteiger partial charge in [0.25, 0.3) is 5.91 Å². The van der Waals surface area contributed by atoms with Crippen LogP contribution in [0.1, 0.15) is 50.9 Å². The number of nitrogens with zero attached hydrogens (tertiary/aromatic N) is 1. The van der Waals surface area contributed by atoms with Crippen LogP contribution in [0.25, 0.3) is 0 Å². The van der Waals surface area contributed by atoms with Crippen LogP contribution in [0, 0.1) is 0 Å². The number of ether oxygens (including phenoxy) is 2. The van der Waals surface area contributed by atoms with Crippen molar-refractivity contribution < 1.29 is 23.9 Å². The minimum Gasteiger partial charge on any atom is -0.449 e. The van der Waals surface area contributed by atoms with Gasteiger partial charge in [0.2, 0.25) is 0 Å². The van der Waals surface area contributed by atoms with Crippen molar-refractivity contribution in [3.05, 3.63) is 29.8 Å². The number of benzene rings is 1. The predicted octanol–water partition coefficient (Wildman–Crippen LogP) is 3.20. The molecule has 7 heteroatoms. The molecule has 0 aliphatic carbocycles. The molecule has 1 aromatic carbocycles. The maximum Gasteiger partial charge on any atom is 0.412 e. The summed E-state index contributed by atoms with van der Waals surface area (Å²) in [4.78, 5) is 37.8. The summed E-state index contributed by atoms with van der Waals surface area (Å²) in [6.45, 7) is 8.33. The van der Waals surface area contributed by atoms with E-state index >= 15 is 0 Å². The minimum absolute atomic E-state index is 0.168. The fraction of sp³-hybridized carbons (Fsp3) is 0.526. The van der Waals surface area contributed by atoms with Crippen molar-refractivity contribution in [3.8, 4) is 0 Å². The van der Waals surface area contributed by atoms with E-state index in [0.29, 0.717) is 24.3 Å². The first-order valence-corrected chi connectivity index (χ1v) is 8.75. The molecule has 0 saturated carbocycles. The quantitative estimate of drug-likeness (QED) is 0.832. The molecule has 0 aromatic heterocycles. The van der Waals surface area contributed by atoms with Crippen LogP contribution < -0.4 is 5.32 Å². The summed E-state index contributed by atoms with van der Waals surface area (Å²) in [6, 6.07) is 6.21. The first-order chi connectivity index (χ1) is 12.2. The molecule has 26 heavy (non-hydrogen) atoms. The average molecular weight is 362 g/mol. The lowest BCUT2D eigenvalue weighted by Gasteiger charge is -2.20. The number of rotatable bonds is 4. The van der Waals surface area contributed by atoms with Crippen molar-refractivity contribution in [2.75, 3.05) is 18.4 Å². The van der Waals surface area contributed by atoms with E-state index in [2.05, 4.69) is 5.32 Å². The number of anilines is 1. The van der Waals surface area contributed by atoms with Crippen molar-refractivity contribution >= 4 is 23.7 Å². The molecule has 0 bridgehead atoms. The minimum atomic E-state index is -0.819. The highest BCUT2D eigenvalue weighted by atomic mass is 16.6. The third-order valence-electron chi connectivity index (χ3n) is 3.82. The molecule has 7 nitrogen and oxygen atoms in total. The Balaban J connectivity index is 1.89. The fourth-order valence-corrected chi connectivity index (χ4v) is 2.58. The highest BCUT2D eigenvalue weighted by Crippen LogP contribution is 2.15. The van der Waals surface area contributed by atoms with Gasteiger partial charge in [-0.05, 0) is 64.8 Å². The van der Waals surface area contributed by atoms with E-state index in [1.54, 1.807) is 44.7 Å². The van der Waals surface area contributed by atoms with Crippen LogP contribution in [0.4, 0.5) is 10.5 Å². The SMILES string of the molecule is C[C@H](OC(=O)c1ccc(NC(=O)OC(C)(C)C)cc1)C(=O)N1CCCC1. The van der Waals surface area contributed by atoms with Crippen LogP contribution in [0.15, 0.2) is 24.3 Å². The van der Waals surface area contributed by atoms with Gasteiger partial charge in [-0.15, -0.1) is 0 Å². The standard InChI is InChI=1S/C19H26N2O5/c1-13(16(22)21-11-5-6-12-21)25-17(23)14-7-9-15(10-8-14)20-18(24)26-19(2,3)4/h7-10,13H,5-6,11-12H2,1-4H3,(H,20,24)/t13-/m0/s1. The molecular weight excluding hydrogens is 336 g/mol. The van der Waals surface area contributed by atoms with Crippen molar-refractivity contribution in [2.24, 2.45) is 0 Å². The van der Waals surface area contributed by atoms with Crippen molar-refractivity contribution in [3.63, 3.8) is 0 Å². The summed E-state index contributed by atoms with van der Waals surface area (Å²) >= 11 is 0. The van der Waals surface area contributed by atoms with Gasteiger partial charge in [0, 0.05) is 18.8 Å². The van der Waals surface area contributed by atoms with Crippen LogP contribution >= 0.6 is 0 Å². The third kappa shape index (κ3) is 5.75. The van der Waals surface area contributed by atoms with Gasteiger partial charge in [0.15, 0.2) is 6.10 Å². The van der Waals surface area contributed by atoms with E-state index in [1.807, 2.05) is 0 Å². The number of carbonyl (C=O) groups is 3. The van der Waals surface area contributed by atoms with Gasteiger partial charge in [-0.1, -0.05) is 0 Å². The summed E-state index contributed by atoms with van der Waals surface area (Å²) in [6.07, 6.45) is 0.578. The number of amides is 2. The van der Waals surface area contributed by atoms with Crippen LogP contribution in [-0.2, 0) is 14.3 Å². The molecule has 1 atom stereocenters. The summed E-state index contributed by atoms with van der Waals surface area (Å²) < 4.78 is 10.4. The number of esters is 1. The molecule has 0 radical (unpaired) electrons. The van der Waals surface area contributed by atoms with E-state index in [9.17, 15) is 14.4 Å². The van der Waals surface area contributed by atoms with E-state index in [0.717, 1.165) is 12.8 Å². The molecule has 0 unspecified atom stereocenters. The molecule has 0 spiro atoms. The van der Waals surface area contributed by atoms with Gasteiger partial charge in [0.1, 0.15) is 5.60 Å². The number of likely N-dealkylation sites (tertiary alicyclic amines) is 1. The molecule has 2 amide bonds. The molecule has 1 heterocycles. The highest BCUT2D eigenvalue weighted by Gasteiger charge is 2.26. The molecular formula is C19H26N2O5. The monoisotopic (exact) mass is 362 g/mol. The van der Waals surface area contributed by atoms with E-state index < -0.39 is 23.8 Å². The van der Waals surface area contributed by atoms with Gasteiger partial charge >= 0.3 is 12.1 Å². The summed E-state index contributed by atoms with van der Waals surface area (Å²) in [5, 5.41) is 2.59. The van der Waals surface area contributed by atoms with Crippen molar-refractivity contribution in [1.29, 1.82) is 0 Å². The van der Waals surface area contributed by atoms with Crippen LogP contribution in [0.5, 0.6) is 0 Å². The molecule has 1 fully saturated rings. The van der Waals surface area contributed by atoms with E-state index in [4.69, 9.17) is 9.47 Å². The van der Waals surface area contributed by atoms with Crippen LogP contribution in [0.2, 0.25) is 0 Å². The molecule has 1 aliphatic rings. The van der Waals surface area contributed by atoms with Crippen molar-refractivity contribution in [1.82, 2.24) is 4.90 Å². The number of hydrogen-bond acceptors (Lipinski definition) is 5. The van der Waals surface area contributed by atoms with Gasteiger partial charge < -0.3 is 14.4 Å². The summed E-state index contributed by atoms with van der Waals surface area (Å²) in [7, 11) is 0. The number of carbonyl (C=O) groups excluding carboxylic acids is 3. The fourth-order valence-electron chi connectivity index (χ4n) is 2.58. The van der Waals surface area contributed by atoms with Gasteiger partial charge in [-0.25, -0.2) is 9.59 Å². The smallest absolute Gasteiger partial charge is 0.412 e. The average Bonchev–Trinajstić information content (AvgIpc) is 3.07. The predicted molar refractivity (Wildman–Crippen MR) is 97.0 cm³/mol. The Hall–Kier alpha value is -2.57. The normalized spacial score (nSPS) is 15.3. The largest absolute Gasteiger partial charge is 0.449 e. The Kier molecular flexibility index (Phi) is 6.23. The third-order valence-corrected chi connectivity index (χ3v) is 3.82. The summed E-state index contributed by atoms with van der Waals surface area (Å²) in [5.74, 6) is -0.743. The van der Waals surface area contributed by atoms with Crippen LogP contribution in [0.3, 0.4) is 0 Å². The number of nitrogens with one attached hydrogen (secondary N) is 1. The van der Waals surface area contributed by atoms with E-state index in [-0.39, 0.29) is 5.91 Å². The highest BCUT2D eigenvalue weighted by molar-refractivity contribution is 5.93. The zero-order valence-electron chi connectivity index (χ0n) is 15.7. The first-order valence-electron chi connectivity index (χ1n) is 8.75. The van der Waals surface area contributed by atoms with Gasteiger partial charge in [-0.2, -0.15) is 0 Å². The van der Waals surface area contributed by atoms with Crippen LogP contribution in [-0.4, -0.2) is 47.7 Å². The zero-order valence-corrected chi connectivity index (χ0v) is 15.7. The molecule has 1 saturated heterocycles. The second-order valence-corrected chi connectivity index (χ2v) is 7.28. The van der Waals surface area contributed by atoms with E-state index in [1.165, 1.54) is 12.1 Å². The lowest BCUT2D eigenvalue weighted by Crippen LogP contribution is -2.38. The molecule has 1 aliphatic heterocycles. The Morgan fingerprint density at radius 1 is 1.08 bits per heavy atom. The second-order valence-electron chi connectivity index (χ2n) is 7.28. The van der Waals surface area contributed by atoms with Gasteiger partial charge in [-0.3, -0.25) is 10.1 Å². The molecule has 2 rings (SSSR count). The maximum absolute atomic E-state index is 12.2. The van der Waals surface area contributed by atoms with Crippen molar-refractivity contribution in [2.45, 2.75) is 52.2 Å². The second kappa shape index (κ2) is 8.21. The lowest BCUT2D eigenvalue weighted by molar-refractivity contribution is -0.138. The zero-order chi connectivity index (χ0) is 19.3. The Morgan fingerprint density at radius 2 is 1.65 bits per heavy atom. The number of hydrogen-bond donors (Lipinski definition) is 1. The lowest BCUT2D eigenvalue weighted by atomic mass is 10.2. The van der Waals surface area contributed by atoms with Gasteiger partial charge in [0.05, 0.1) is 5.56 Å². The summed E-state index contributed by atoms with van der Waals surface area (Å²) in [5.41, 5.74) is 0.212. The Bertz CT molecular complexity index is 658. The molecule has 1 N–H and O–H groups in total. The Labute approximate surface area is 153 Å².